The first-order valence-corrected chi connectivity index (χ1v) is 5.98. The lowest BCUT2D eigenvalue weighted by atomic mass is 10.2. The van der Waals surface area contributed by atoms with Crippen molar-refractivity contribution in [2.45, 2.75) is 6.92 Å². The van der Waals surface area contributed by atoms with Gasteiger partial charge in [0.05, 0.1) is 11.9 Å². The maximum atomic E-state index is 10.9. The number of hydrogen-bond acceptors (Lipinski definition) is 6. The molecule has 1 aromatic rings. The Hall–Kier alpha value is -2.80. The first-order chi connectivity index (χ1) is 9.65. The van der Waals surface area contributed by atoms with Crippen LogP contribution in [0.15, 0.2) is 59.8 Å². The molecule has 2 aliphatic rings. The van der Waals surface area contributed by atoms with Crippen molar-refractivity contribution in [1.82, 2.24) is 10.5 Å². The van der Waals surface area contributed by atoms with E-state index >= 15 is 0 Å². The smallest absolute Gasteiger partial charge is 0.355 e. The average molecular weight is 272 g/mol. The van der Waals surface area contributed by atoms with Crippen LogP contribution in [0.1, 0.15) is 5.56 Å². The van der Waals surface area contributed by atoms with E-state index in [1.165, 1.54) is 6.08 Å². The summed E-state index contributed by atoms with van der Waals surface area (Å²) in [5, 5.41) is 15.3. The zero-order valence-electron chi connectivity index (χ0n) is 10.7. The van der Waals surface area contributed by atoms with Crippen LogP contribution in [0.2, 0.25) is 0 Å². The van der Waals surface area contributed by atoms with Crippen molar-refractivity contribution in [1.29, 1.82) is 0 Å². The molecule has 0 saturated heterocycles. The molecule has 102 valence electrons. The largest absolute Gasteiger partial charge is 0.358 e. The highest BCUT2D eigenvalue weighted by Gasteiger charge is 2.37. The summed E-state index contributed by atoms with van der Waals surface area (Å²) >= 11 is 0. The molecule has 7 nitrogen and oxygen atoms in total. The van der Waals surface area contributed by atoms with Crippen LogP contribution in [0.25, 0.3) is 0 Å². The highest BCUT2D eigenvalue weighted by molar-refractivity contribution is 5.56. The Morgan fingerprint density at radius 2 is 2.25 bits per heavy atom. The summed E-state index contributed by atoms with van der Waals surface area (Å²) in [7, 11) is 0. The maximum Gasteiger partial charge on any atom is 0.355 e. The molecule has 2 heterocycles. The van der Waals surface area contributed by atoms with Gasteiger partial charge in [-0.3, -0.25) is 0 Å². The monoisotopic (exact) mass is 272 g/mol. The average Bonchev–Trinajstić information content (AvgIpc) is 2.88. The minimum absolute atomic E-state index is 0.143. The fourth-order valence-corrected chi connectivity index (χ4v) is 2.03. The molecule has 20 heavy (non-hydrogen) atoms. The van der Waals surface area contributed by atoms with Crippen LogP contribution in [-0.2, 0) is 4.94 Å². The lowest BCUT2D eigenvalue weighted by molar-refractivity contribution is -0.465. The van der Waals surface area contributed by atoms with Crippen LogP contribution in [0, 0.1) is 17.0 Å². The number of nitro groups is 1. The van der Waals surface area contributed by atoms with Crippen LogP contribution >= 0.6 is 0 Å². The minimum atomic E-state index is -0.499. The van der Waals surface area contributed by atoms with Gasteiger partial charge in [0.15, 0.2) is 0 Å². The first-order valence-electron chi connectivity index (χ1n) is 5.98. The summed E-state index contributed by atoms with van der Waals surface area (Å²) in [4.78, 5) is 15.4. The van der Waals surface area contributed by atoms with Crippen molar-refractivity contribution < 1.29 is 9.86 Å². The van der Waals surface area contributed by atoms with Crippen molar-refractivity contribution in [3.05, 3.63) is 75.5 Å². The van der Waals surface area contributed by atoms with Crippen LogP contribution in [0.5, 0.6) is 0 Å². The Labute approximate surface area is 114 Å². The highest BCUT2D eigenvalue weighted by atomic mass is 16.8. The second kappa shape index (κ2) is 4.71. The summed E-state index contributed by atoms with van der Waals surface area (Å²) in [5.41, 5.74) is 5.81. The van der Waals surface area contributed by atoms with E-state index in [0.717, 1.165) is 16.3 Å². The van der Waals surface area contributed by atoms with Crippen LogP contribution in [-0.4, -0.2) is 9.99 Å². The Morgan fingerprint density at radius 3 is 3.00 bits per heavy atom. The zero-order valence-corrected chi connectivity index (χ0v) is 10.7. The van der Waals surface area contributed by atoms with E-state index in [-0.39, 0.29) is 5.82 Å². The zero-order chi connectivity index (χ0) is 14.1. The number of anilines is 1. The van der Waals surface area contributed by atoms with Gasteiger partial charge in [0.25, 0.3) is 0 Å². The van der Waals surface area contributed by atoms with Gasteiger partial charge in [0.1, 0.15) is 0 Å². The van der Waals surface area contributed by atoms with E-state index in [1.54, 1.807) is 12.3 Å². The summed E-state index contributed by atoms with van der Waals surface area (Å²) < 4.78 is 0. The molecule has 0 radical (unpaired) electrons. The molecule has 0 spiro atoms. The maximum absolute atomic E-state index is 10.9. The van der Waals surface area contributed by atoms with E-state index in [1.807, 2.05) is 31.2 Å². The fourth-order valence-electron chi connectivity index (χ4n) is 2.03. The van der Waals surface area contributed by atoms with Gasteiger partial charge in [0, 0.05) is 11.8 Å². The Balaban J connectivity index is 1.91. The van der Waals surface area contributed by atoms with Crippen molar-refractivity contribution in [2.75, 3.05) is 5.32 Å². The Morgan fingerprint density at radius 1 is 1.40 bits per heavy atom. The Kier molecular flexibility index (Phi) is 2.88. The number of allylic oxidation sites excluding steroid dienone is 2. The number of rotatable bonds is 3. The number of nitrogens with zero attached hydrogens (tertiary/aromatic N) is 2. The van der Waals surface area contributed by atoms with Gasteiger partial charge in [0.2, 0.25) is 5.70 Å². The highest BCUT2D eigenvalue weighted by Crippen LogP contribution is 2.29. The molecule has 3 rings (SSSR count). The van der Waals surface area contributed by atoms with Crippen molar-refractivity contribution in [2.24, 2.45) is 0 Å². The van der Waals surface area contributed by atoms with Gasteiger partial charge in [-0.1, -0.05) is 17.1 Å². The molecule has 0 unspecified atom stereocenters. The molecule has 1 aromatic carbocycles. The van der Waals surface area contributed by atoms with Gasteiger partial charge in [-0.15, -0.1) is 0 Å². The number of hydrogen-bond donors (Lipinski definition) is 2. The summed E-state index contributed by atoms with van der Waals surface area (Å²) in [6.07, 6.45) is 4.60. The first kappa shape index (κ1) is 12.2. The number of hydroxylamine groups is 3. The molecule has 2 aliphatic heterocycles. The standard InChI is InChI=1S/C13H12N4O3/c1-9-3-2-4-10(7-9)15-11-5-6-13(17(18)19)16-12(11)8-14-20-16/h2-8,14-15H,1H3. The van der Waals surface area contributed by atoms with E-state index in [0.29, 0.717) is 11.4 Å². The predicted octanol–water partition coefficient (Wildman–Crippen LogP) is 2.02. The molecule has 0 amide bonds. The third kappa shape index (κ3) is 2.10. The van der Waals surface area contributed by atoms with Crippen LogP contribution in [0.4, 0.5) is 5.69 Å². The third-order valence-electron chi connectivity index (χ3n) is 2.93. The van der Waals surface area contributed by atoms with Gasteiger partial charge in [-0.25, -0.2) is 5.48 Å². The summed E-state index contributed by atoms with van der Waals surface area (Å²) in [5.74, 6) is -0.143. The molecule has 0 atom stereocenters. The summed E-state index contributed by atoms with van der Waals surface area (Å²) in [6.45, 7) is 2.00. The molecule has 0 saturated carbocycles. The third-order valence-corrected chi connectivity index (χ3v) is 2.93. The van der Waals surface area contributed by atoms with Crippen molar-refractivity contribution in [3.63, 3.8) is 0 Å². The summed E-state index contributed by atoms with van der Waals surface area (Å²) in [6, 6.07) is 7.85. The topological polar surface area (TPSA) is 79.7 Å². The van der Waals surface area contributed by atoms with Gasteiger partial charge < -0.3 is 15.4 Å². The molecule has 0 aliphatic carbocycles. The number of benzene rings is 1. The molecular weight excluding hydrogens is 260 g/mol. The molecule has 0 bridgehead atoms. The molecule has 0 fully saturated rings. The molecule has 7 heteroatoms. The van der Waals surface area contributed by atoms with Crippen molar-refractivity contribution in [3.8, 4) is 0 Å². The second-order valence-corrected chi connectivity index (χ2v) is 4.39. The van der Waals surface area contributed by atoms with E-state index in [9.17, 15) is 10.1 Å². The quantitative estimate of drug-likeness (QED) is 0.647. The SMILES string of the molecule is Cc1cccc(NC2=CC=C([N+](=O)[O-])N3ONC=C23)c1. The number of aryl methyl sites for hydroxylation is 1. The fraction of sp³-hybridized carbons (Fsp3) is 0.0769. The minimum Gasteiger partial charge on any atom is -0.358 e. The van der Waals surface area contributed by atoms with Gasteiger partial charge in [-0.2, -0.15) is 0 Å². The Bertz CT molecular complexity index is 663. The number of fused-ring (bicyclic) bond motifs is 1. The second-order valence-electron chi connectivity index (χ2n) is 4.39. The van der Waals surface area contributed by atoms with E-state index in [4.69, 9.17) is 4.94 Å². The normalized spacial score (nSPS) is 16.6. The van der Waals surface area contributed by atoms with Gasteiger partial charge >= 0.3 is 5.82 Å². The molecular formula is C13H12N4O3. The lowest BCUT2D eigenvalue weighted by Gasteiger charge is -2.18. The predicted molar refractivity (Wildman–Crippen MR) is 72.1 cm³/mol. The van der Waals surface area contributed by atoms with E-state index in [2.05, 4.69) is 10.8 Å². The molecule has 0 aromatic heterocycles. The lowest BCUT2D eigenvalue weighted by Crippen LogP contribution is -2.29. The molecule has 2 N–H and O–H groups in total. The van der Waals surface area contributed by atoms with E-state index < -0.39 is 4.92 Å². The van der Waals surface area contributed by atoms with Crippen LogP contribution < -0.4 is 10.8 Å². The van der Waals surface area contributed by atoms with Gasteiger partial charge in [-0.05, 0) is 40.7 Å². The number of nitrogens with one attached hydrogen (secondary N) is 2. The van der Waals surface area contributed by atoms with Crippen molar-refractivity contribution >= 4 is 5.69 Å². The van der Waals surface area contributed by atoms with Crippen LogP contribution in [0.3, 0.4) is 0 Å².